The number of fused-ring (bicyclic) bond motifs is 9. The van der Waals surface area contributed by atoms with E-state index < -0.39 is 0 Å². The molecule has 1 aromatic carbocycles. The zero-order valence-electron chi connectivity index (χ0n) is 11.4. The highest BCUT2D eigenvalue weighted by molar-refractivity contribution is 6.02. The van der Waals surface area contributed by atoms with Gasteiger partial charge in [-0.25, -0.2) is 0 Å². The Morgan fingerprint density at radius 1 is 0.900 bits per heavy atom. The van der Waals surface area contributed by atoms with Crippen molar-refractivity contribution in [3.63, 3.8) is 0 Å². The van der Waals surface area contributed by atoms with Crippen LogP contribution in [0.4, 0.5) is 0 Å². The minimum Gasteiger partial charge on any atom is -0.293 e. The molecule has 4 atom stereocenters. The van der Waals surface area contributed by atoms with Crippen molar-refractivity contribution in [2.45, 2.75) is 12.8 Å². The number of benzene rings is 1. The summed E-state index contributed by atoms with van der Waals surface area (Å²) in [7, 11) is 0. The normalized spacial score (nSPS) is 46.1. The van der Waals surface area contributed by atoms with Crippen molar-refractivity contribution in [1.82, 2.24) is 0 Å². The molecule has 0 N–H and O–H groups in total. The molecule has 2 fully saturated rings. The van der Waals surface area contributed by atoms with Gasteiger partial charge in [-0.05, 0) is 42.4 Å². The van der Waals surface area contributed by atoms with Crippen LogP contribution in [-0.4, -0.2) is 5.78 Å². The summed E-state index contributed by atoms with van der Waals surface area (Å²) in [6.07, 6.45) is 11.9. The number of carbonyl (C=O) groups excluding carboxylic acids is 1. The van der Waals surface area contributed by atoms with Gasteiger partial charge < -0.3 is 0 Å². The monoisotopic (exact) mass is 262 g/mol. The van der Waals surface area contributed by atoms with Gasteiger partial charge in [0.15, 0.2) is 5.78 Å². The second-order valence-corrected chi connectivity index (χ2v) is 6.94. The fourth-order valence-electron chi connectivity index (χ4n) is 5.82. The minimum atomic E-state index is -0.111. The number of allylic oxidation sites excluding steroid dienone is 4. The van der Waals surface area contributed by atoms with Crippen molar-refractivity contribution in [1.29, 1.82) is 0 Å². The van der Waals surface area contributed by atoms with Gasteiger partial charge in [-0.2, -0.15) is 0 Å². The summed E-state index contributed by atoms with van der Waals surface area (Å²) >= 11 is 0. The average Bonchev–Trinajstić information content (AvgIpc) is 3.25. The van der Waals surface area contributed by atoms with E-state index in [0.717, 1.165) is 5.56 Å². The van der Waals surface area contributed by atoms with Crippen LogP contribution in [0.5, 0.6) is 0 Å². The summed E-state index contributed by atoms with van der Waals surface area (Å²) in [4.78, 5) is 13.4. The first-order valence-electron chi connectivity index (χ1n) is 7.78. The largest absolute Gasteiger partial charge is 0.293 e. The number of hydrogen-bond donors (Lipinski definition) is 0. The first-order valence-corrected chi connectivity index (χ1v) is 7.78. The maximum absolute atomic E-state index is 13.4. The molecule has 4 bridgehead atoms. The van der Waals surface area contributed by atoms with E-state index >= 15 is 0 Å². The second kappa shape index (κ2) is 3.52. The highest BCUT2D eigenvalue weighted by Gasteiger charge is 2.69. The van der Waals surface area contributed by atoms with Crippen LogP contribution in [0.3, 0.4) is 0 Å². The van der Waals surface area contributed by atoms with E-state index in [-0.39, 0.29) is 5.41 Å². The van der Waals surface area contributed by atoms with Crippen molar-refractivity contribution in [2.75, 3.05) is 0 Å². The molecule has 2 saturated carbocycles. The number of ketones is 1. The van der Waals surface area contributed by atoms with Gasteiger partial charge in [0, 0.05) is 5.56 Å². The molecular formula is C19H18O. The molecule has 0 amide bonds. The second-order valence-electron chi connectivity index (χ2n) is 6.94. The molecule has 0 unspecified atom stereocenters. The third kappa shape index (κ3) is 1.06. The highest BCUT2D eigenvalue weighted by atomic mass is 16.1. The number of rotatable bonds is 2. The zero-order valence-corrected chi connectivity index (χ0v) is 11.4. The molecule has 1 heteroatoms. The summed E-state index contributed by atoms with van der Waals surface area (Å²) in [5, 5.41) is 0. The predicted molar refractivity (Wildman–Crippen MR) is 78.2 cm³/mol. The topological polar surface area (TPSA) is 17.1 Å². The maximum Gasteiger partial charge on any atom is 0.170 e. The molecule has 100 valence electrons. The zero-order chi connectivity index (χ0) is 13.3. The van der Waals surface area contributed by atoms with Crippen LogP contribution in [-0.2, 0) is 0 Å². The Hall–Kier alpha value is -1.63. The summed E-state index contributed by atoms with van der Waals surface area (Å²) in [6, 6.07) is 9.97. The van der Waals surface area contributed by atoms with E-state index in [1.165, 1.54) is 12.8 Å². The van der Waals surface area contributed by atoms with Gasteiger partial charge in [0.1, 0.15) is 0 Å². The van der Waals surface area contributed by atoms with E-state index in [0.29, 0.717) is 35.4 Å². The van der Waals surface area contributed by atoms with Crippen molar-refractivity contribution in [2.24, 2.45) is 35.0 Å². The molecule has 0 heterocycles. The molecule has 1 aromatic rings. The summed E-state index contributed by atoms with van der Waals surface area (Å²) in [5.74, 6) is 3.23. The Morgan fingerprint density at radius 2 is 1.50 bits per heavy atom. The standard InChI is InChI=1S/C19H18O/c20-18(12-4-2-1-3-5-12)19-15-8-6-13(10-15)17(19)14-7-9-16(19)11-14/h1-9,13-17H,10-11H2/t13-,14-,15+,16+,17?,19?/m0/s1. The first kappa shape index (κ1) is 11.1. The van der Waals surface area contributed by atoms with Crippen LogP contribution in [0.1, 0.15) is 23.2 Å². The molecule has 1 nitrogen and oxygen atoms in total. The van der Waals surface area contributed by atoms with Gasteiger partial charge in [0.25, 0.3) is 0 Å². The molecule has 0 saturated heterocycles. The molecule has 0 aliphatic heterocycles. The molecule has 20 heavy (non-hydrogen) atoms. The highest BCUT2D eigenvalue weighted by Crippen LogP contribution is 2.71. The SMILES string of the molecule is O=C(c1ccccc1)C12C([C@H]3C=C[C@@H]1C3)[C@H]1C=C[C@@H]2C1. The lowest BCUT2D eigenvalue weighted by molar-refractivity contribution is 0.0576. The van der Waals surface area contributed by atoms with Crippen LogP contribution in [0.2, 0.25) is 0 Å². The van der Waals surface area contributed by atoms with Gasteiger partial charge in [0.2, 0.25) is 0 Å². The fraction of sp³-hybridized carbons (Fsp3) is 0.421. The summed E-state index contributed by atoms with van der Waals surface area (Å²) in [5.41, 5.74) is 0.805. The third-order valence-electron chi connectivity index (χ3n) is 6.36. The molecule has 4 aliphatic rings. The fourth-order valence-corrected chi connectivity index (χ4v) is 5.82. The van der Waals surface area contributed by atoms with Crippen LogP contribution >= 0.6 is 0 Å². The van der Waals surface area contributed by atoms with Crippen LogP contribution in [0.15, 0.2) is 54.6 Å². The smallest absolute Gasteiger partial charge is 0.170 e. The van der Waals surface area contributed by atoms with Gasteiger partial charge in [0.05, 0.1) is 5.41 Å². The van der Waals surface area contributed by atoms with Crippen molar-refractivity contribution >= 4 is 5.78 Å². The summed E-state index contributed by atoms with van der Waals surface area (Å²) < 4.78 is 0. The van der Waals surface area contributed by atoms with E-state index in [1.54, 1.807) is 0 Å². The van der Waals surface area contributed by atoms with Crippen LogP contribution < -0.4 is 0 Å². The quantitative estimate of drug-likeness (QED) is 0.449. The molecule has 5 rings (SSSR count). The van der Waals surface area contributed by atoms with Crippen LogP contribution in [0, 0.1) is 35.0 Å². The molecule has 0 radical (unpaired) electrons. The van der Waals surface area contributed by atoms with E-state index in [1.807, 2.05) is 30.3 Å². The number of Topliss-reactive ketones (excluding diaryl/α,β-unsaturated/α-hetero) is 1. The lowest BCUT2D eigenvalue weighted by Crippen LogP contribution is -2.45. The molecule has 0 aromatic heterocycles. The number of hydrogen-bond acceptors (Lipinski definition) is 1. The molecule has 0 spiro atoms. The Kier molecular flexibility index (Phi) is 1.95. The minimum absolute atomic E-state index is 0.111. The average molecular weight is 262 g/mol. The molecular weight excluding hydrogens is 244 g/mol. The lowest BCUT2D eigenvalue weighted by atomic mass is 9.59. The summed E-state index contributed by atoms with van der Waals surface area (Å²) in [6.45, 7) is 0. The Bertz CT molecular complexity index is 611. The number of carbonyl (C=O) groups is 1. The van der Waals surface area contributed by atoms with Gasteiger partial charge in [-0.15, -0.1) is 0 Å². The lowest BCUT2D eigenvalue weighted by Gasteiger charge is -2.42. The van der Waals surface area contributed by atoms with E-state index in [4.69, 9.17) is 0 Å². The third-order valence-corrected chi connectivity index (χ3v) is 6.36. The van der Waals surface area contributed by atoms with Crippen molar-refractivity contribution in [3.05, 3.63) is 60.2 Å². The van der Waals surface area contributed by atoms with Gasteiger partial charge in [-0.3, -0.25) is 4.79 Å². The molecule has 4 aliphatic carbocycles. The predicted octanol–water partition coefficient (Wildman–Crippen LogP) is 3.88. The Morgan fingerprint density at radius 3 is 2.10 bits per heavy atom. The Balaban J connectivity index is 1.69. The van der Waals surface area contributed by atoms with Crippen molar-refractivity contribution < 1.29 is 4.79 Å². The van der Waals surface area contributed by atoms with Gasteiger partial charge >= 0.3 is 0 Å². The maximum atomic E-state index is 13.4. The van der Waals surface area contributed by atoms with E-state index in [2.05, 4.69) is 24.3 Å². The first-order chi connectivity index (χ1) is 9.81. The van der Waals surface area contributed by atoms with Gasteiger partial charge in [-0.1, -0.05) is 54.6 Å². The van der Waals surface area contributed by atoms with Crippen molar-refractivity contribution in [3.8, 4) is 0 Å². The van der Waals surface area contributed by atoms with Crippen LogP contribution in [0.25, 0.3) is 0 Å². The Labute approximate surface area is 119 Å². The van der Waals surface area contributed by atoms with E-state index in [9.17, 15) is 4.79 Å².